The molecule has 1 aliphatic carbocycles. The first kappa shape index (κ1) is 11.3. The Labute approximate surface area is 84.3 Å². The van der Waals surface area contributed by atoms with Gasteiger partial charge in [-0.25, -0.2) is 4.79 Å². The number of hydrogen-bond donors (Lipinski definition) is 3. The molecule has 0 saturated heterocycles. The molecule has 0 aromatic rings. The Balaban J connectivity index is 2.19. The van der Waals surface area contributed by atoms with Crippen LogP contribution in [0.4, 0.5) is 4.79 Å². The summed E-state index contributed by atoms with van der Waals surface area (Å²) in [7, 11) is 0. The zero-order valence-electron chi connectivity index (χ0n) is 8.57. The fourth-order valence-electron chi connectivity index (χ4n) is 2.11. The normalized spacial score (nSPS) is 29.6. The highest BCUT2D eigenvalue weighted by Crippen LogP contribution is 2.30. The number of aliphatic hydroxyl groups is 1. The molecule has 1 unspecified atom stereocenters. The third-order valence-corrected chi connectivity index (χ3v) is 3.12. The van der Waals surface area contributed by atoms with E-state index in [-0.39, 0.29) is 6.10 Å². The van der Waals surface area contributed by atoms with Crippen LogP contribution in [0.2, 0.25) is 0 Å². The summed E-state index contributed by atoms with van der Waals surface area (Å²) in [5.74, 6) is 0.872. The summed E-state index contributed by atoms with van der Waals surface area (Å²) in [6, 6.07) is 0. The van der Waals surface area contributed by atoms with Gasteiger partial charge >= 0.3 is 6.09 Å². The fraction of sp³-hybridized carbons (Fsp3) is 0.900. The molecule has 1 rings (SSSR count). The Kier molecular flexibility index (Phi) is 4.20. The molecule has 0 heterocycles. The highest BCUT2D eigenvalue weighted by atomic mass is 16.4. The van der Waals surface area contributed by atoms with Crippen LogP contribution in [0.3, 0.4) is 0 Å². The average molecular weight is 201 g/mol. The van der Waals surface area contributed by atoms with E-state index < -0.39 is 6.09 Å². The predicted octanol–water partition coefficient (Wildman–Crippen LogP) is 1.44. The Hall–Kier alpha value is -0.770. The molecule has 1 aliphatic rings. The molecule has 14 heavy (non-hydrogen) atoms. The number of carbonyl (C=O) groups is 1. The second-order valence-corrected chi connectivity index (χ2v) is 4.21. The van der Waals surface area contributed by atoms with E-state index in [1.807, 2.05) is 6.92 Å². The first-order chi connectivity index (χ1) is 6.59. The summed E-state index contributed by atoms with van der Waals surface area (Å²) in [6.07, 6.45) is 2.92. The molecule has 0 bridgehead atoms. The molecule has 1 saturated carbocycles. The lowest BCUT2D eigenvalue weighted by molar-refractivity contribution is 0.0881. The van der Waals surface area contributed by atoms with Gasteiger partial charge in [0, 0.05) is 6.54 Å². The van der Waals surface area contributed by atoms with Crippen molar-refractivity contribution in [3.8, 4) is 0 Å². The van der Waals surface area contributed by atoms with Gasteiger partial charge in [0.1, 0.15) is 0 Å². The van der Waals surface area contributed by atoms with Crippen molar-refractivity contribution in [2.45, 2.75) is 38.7 Å². The van der Waals surface area contributed by atoms with Crippen LogP contribution in [0.25, 0.3) is 0 Å². The average Bonchev–Trinajstić information content (AvgIpc) is 2.15. The van der Waals surface area contributed by atoms with E-state index in [1.54, 1.807) is 0 Å². The van der Waals surface area contributed by atoms with E-state index in [4.69, 9.17) is 5.11 Å². The largest absolute Gasteiger partial charge is 0.465 e. The molecule has 3 N–H and O–H groups in total. The molecule has 4 heteroatoms. The minimum atomic E-state index is -0.942. The van der Waals surface area contributed by atoms with Crippen molar-refractivity contribution in [2.75, 3.05) is 6.54 Å². The van der Waals surface area contributed by atoms with E-state index in [0.717, 1.165) is 25.7 Å². The first-order valence-corrected chi connectivity index (χ1v) is 5.24. The van der Waals surface area contributed by atoms with E-state index in [2.05, 4.69) is 5.32 Å². The summed E-state index contributed by atoms with van der Waals surface area (Å²) in [4.78, 5) is 10.3. The van der Waals surface area contributed by atoms with Crippen molar-refractivity contribution in [1.82, 2.24) is 5.32 Å². The van der Waals surface area contributed by atoms with Crippen LogP contribution in [0.5, 0.6) is 0 Å². The van der Waals surface area contributed by atoms with Crippen LogP contribution in [-0.2, 0) is 0 Å². The lowest BCUT2D eigenvalue weighted by atomic mass is 9.80. The van der Waals surface area contributed by atoms with Gasteiger partial charge in [0.05, 0.1) is 6.10 Å². The van der Waals surface area contributed by atoms with Gasteiger partial charge in [-0.3, -0.25) is 0 Å². The van der Waals surface area contributed by atoms with Crippen molar-refractivity contribution < 1.29 is 15.0 Å². The molecule has 0 radical (unpaired) electrons. The summed E-state index contributed by atoms with van der Waals surface area (Å²) in [6.45, 7) is 2.39. The van der Waals surface area contributed by atoms with Crippen LogP contribution < -0.4 is 5.32 Å². The Bertz CT molecular complexity index is 186. The predicted molar refractivity (Wildman–Crippen MR) is 53.2 cm³/mol. The summed E-state index contributed by atoms with van der Waals surface area (Å²) in [5, 5.41) is 20.2. The molecule has 82 valence electrons. The number of aliphatic hydroxyl groups excluding tert-OH is 1. The SMILES string of the molecule is CC(O)C1CCC(CNC(=O)O)CC1. The third-order valence-electron chi connectivity index (χ3n) is 3.12. The van der Waals surface area contributed by atoms with E-state index in [0.29, 0.717) is 18.4 Å². The van der Waals surface area contributed by atoms with E-state index >= 15 is 0 Å². The molecule has 4 nitrogen and oxygen atoms in total. The molecule has 0 aromatic carbocycles. The standard InChI is InChI=1S/C10H19NO3/c1-7(12)9-4-2-8(3-5-9)6-11-10(13)14/h7-9,11-12H,2-6H2,1H3,(H,13,14). The van der Waals surface area contributed by atoms with Crippen molar-refractivity contribution >= 4 is 6.09 Å². The molecular formula is C10H19NO3. The van der Waals surface area contributed by atoms with Gasteiger partial charge in [0.15, 0.2) is 0 Å². The molecule has 1 amide bonds. The summed E-state index contributed by atoms with van der Waals surface area (Å²) in [5.41, 5.74) is 0. The van der Waals surface area contributed by atoms with Crippen LogP contribution in [0.15, 0.2) is 0 Å². The van der Waals surface area contributed by atoms with Crippen molar-refractivity contribution in [3.05, 3.63) is 0 Å². The van der Waals surface area contributed by atoms with E-state index in [1.165, 1.54) is 0 Å². The molecule has 1 fully saturated rings. The van der Waals surface area contributed by atoms with Gasteiger partial charge in [0.25, 0.3) is 0 Å². The Morgan fingerprint density at radius 1 is 1.43 bits per heavy atom. The third kappa shape index (κ3) is 3.54. The zero-order valence-corrected chi connectivity index (χ0v) is 8.57. The number of hydrogen-bond acceptors (Lipinski definition) is 2. The zero-order chi connectivity index (χ0) is 10.6. The van der Waals surface area contributed by atoms with Crippen molar-refractivity contribution in [3.63, 3.8) is 0 Å². The minimum Gasteiger partial charge on any atom is -0.465 e. The molecule has 0 spiro atoms. The maximum absolute atomic E-state index is 10.3. The smallest absolute Gasteiger partial charge is 0.404 e. The van der Waals surface area contributed by atoms with Gasteiger partial charge in [-0.1, -0.05) is 0 Å². The van der Waals surface area contributed by atoms with E-state index in [9.17, 15) is 9.90 Å². The van der Waals surface area contributed by atoms with Crippen LogP contribution in [0, 0.1) is 11.8 Å². The van der Waals surface area contributed by atoms with Gasteiger partial charge in [-0.2, -0.15) is 0 Å². The van der Waals surface area contributed by atoms with Crippen molar-refractivity contribution in [1.29, 1.82) is 0 Å². The molecule has 0 aliphatic heterocycles. The topological polar surface area (TPSA) is 69.6 Å². The molecule has 1 atom stereocenters. The van der Waals surface area contributed by atoms with Gasteiger partial charge in [-0.05, 0) is 44.4 Å². The van der Waals surface area contributed by atoms with Gasteiger partial charge < -0.3 is 15.5 Å². The number of rotatable bonds is 3. The molecule has 0 aromatic heterocycles. The highest BCUT2D eigenvalue weighted by molar-refractivity contribution is 5.64. The monoisotopic (exact) mass is 201 g/mol. The van der Waals surface area contributed by atoms with Crippen LogP contribution >= 0.6 is 0 Å². The number of carboxylic acid groups (broad SMARTS) is 1. The second-order valence-electron chi connectivity index (χ2n) is 4.21. The Morgan fingerprint density at radius 3 is 2.43 bits per heavy atom. The van der Waals surface area contributed by atoms with Gasteiger partial charge in [0.2, 0.25) is 0 Å². The highest BCUT2D eigenvalue weighted by Gasteiger charge is 2.24. The fourth-order valence-corrected chi connectivity index (χ4v) is 2.11. The Morgan fingerprint density at radius 2 is 2.00 bits per heavy atom. The maximum Gasteiger partial charge on any atom is 0.404 e. The van der Waals surface area contributed by atoms with Gasteiger partial charge in [-0.15, -0.1) is 0 Å². The summed E-state index contributed by atoms with van der Waals surface area (Å²) < 4.78 is 0. The number of amides is 1. The molecular weight excluding hydrogens is 182 g/mol. The number of nitrogens with one attached hydrogen (secondary N) is 1. The summed E-state index contributed by atoms with van der Waals surface area (Å²) >= 11 is 0. The van der Waals surface area contributed by atoms with Crippen molar-refractivity contribution in [2.24, 2.45) is 11.8 Å². The van der Waals surface area contributed by atoms with Crippen LogP contribution in [-0.4, -0.2) is 29.0 Å². The second kappa shape index (κ2) is 5.20. The van der Waals surface area contributed by atoms with Crippen LogP contribution in [0.1, 0.15) is 32.6 Å². The first-order valence-electron chi connectivity index (χ1n) is 5.24. The minimum absolute atomic E-state index is 0.219. The maximum atomic E-state index is 10.3. The lowest BCUT2D eigenvalue weighted by Gasteiger charge is -2.29. The lowest BCUT2D eigenvalue weighted by Crippen LogP contribution is -2.31. The quantitative estimate of drug-likeness (QED) is 0.647.